The van der Waals surface area contributed by atoms with Crippen LogP contribution in [0.25, 0.3) is 0 Å². The predicted molar refractivity (Wildman–Crippen MR) is 114 cm³/mol. The summed E-state index contributed by atoms with van der Waals surface area (Å²) in [4.78, 5) is 24.9. The number of benzene rings is 2. The van der Waals surface area contributed by atoms with Crippen molar-refractivity contribution in [2.24, 2.45) is 0 Å². The van der Waals surface area contributed by atoms with E-state index in [9.17, 15) is 18.0 Å². The summed E-state index contributed by atoms with van der Waals surface area (Å²) in [6.07, 6.45) is -1.07. The van der Waals surface area contributed by atoms with Crippen LogP contribution in [-0.4, -0.2) is 50.8 Å². The minimum atomic E-state index is -3.87. The molecule has 0 radical (unpaired) electrons. The molecular formula is C21H24ClNO6S. The lowest BCUT2D eigenvalue weighted by Crippen LogP contribution is -2.31. The summed E-state index contributed by atoms with van der Waals surface area (Å²) in [7, 11) is -2.35. The summed E-state index contributed by atoms with van der Waals surface area (Å²) in [5.74, 6) is -0.618. The van der Waals surface area contributed by atoms with E-state index in [4.69, 9.17) is 21.1 Å². The molecule has 1 atom stereocenters. The van der Waals surface area contributed by atoms with Crippen LogP contribution in [-0.2, 0) is 14.8 Å². The average molecular weight is 454 g/mol. The Hall–Kier alpha value is -2.42. The third kappa shape index (κ3) is 5.19. The molecule has 1 unspecified atom stereocenters. The Kier molecular flexibility index (Phi) is 8.00. The van der Waals surface area contributed by atoms with Crippen LogP contribution < -0.4 is 4.74 Å². The van der Waals surface area contributed by atoms with E-state index < -0.39 is 27.9 Å². The molecule has 0 spiro atoms. The molecular weight excluding hydrogens is 430 g/mol. The first-order chi connectivity index (χ1) is 14.1. The molecule has 30 heavy (non-hydrogen) atoms. The molecule has 0 aliphatic rings. The van der Waals surface area contributed by atoms with Gasteiger partial charge in [0.2, 0.25) is 15.8 Å². The van der Waals surface area contributed by atoms with Crippen molar-refractivity contribution in [2.75, 3.05) is 20.2 Å². The van der Waals surface area contributed by atoms with Crippen LogP contribution >= 0.6 is 11.6 Å². The van der Waals surface area contributed by atoms with Gasteiger partial charge in [0.1, 0.15) is 10.6 Å². The summed E-state index contributed by atoms with van der Waals surface area (Å²) in [6, 6.07) is 10.3. The van der Waals surface area contributed by atoms with Gasteiger partial charge in [0, 0.05) is 18.7 Å². The number of ether oxygens (including phenoxy) is 2. The molecule has 0 heterocycles. The molecule has 9 heteroatoms. The Bertz CT molecular complexity index is 1020. The second kappa shape index (κ2) is 10.1. The highest BCUT2D eigenvalue weighted by Crippen LogP contribution is 2.26. The lowest BCUT2D eigenvalue weighted by atomic mass is 10.1. The number of carbonyl (C=O) groups is 2. The lowest BCUT2D eigenvalue weighted by Gasteiger charge is -2.19. The van der Waals surface area contributed by atoms with Gasteiger partial charge in [-0.15, -0.1) is 0 Å². The monoisotopic (exact) mass is 453 g/mol. The number of esters is 1. The number of hydrogen-bond acceptors (Lipinski definition) is 6. The average Bonchev–Trinajstić information content (AvgIpc) is 2.73. The van der Waals surface area contributed by atoms with Crippen LogP contribution in [0.3, 0.4) is 0 Å². The molecule has 2 aromatic rings. The predicted octanol–water partition coefficient (Wildman–Crippen LogP) is 3.81. The number of methoxy groups -OCH3 is 1. The number of nitrogens with zero attached hydrogens (tertiary/aromatic N) is 1. The standard InChI is InChI=1S/C21H24ClNO6S/c1-5-23(6-2)30(26,27)19-13-16(9-12-18(19)22)21(25)29-14(3)20(24)15-7-10-17(28-4)11-8-15/h7-14H,5-6H2,1-4H3. The molecule has 0 aromatic heterocycles. The normalized spacial score (nSPS) is 12.5. The Morgan fingerprint density at radius 2 is 1.60 bits per heavy atom. The van der Waals surface area contributed by atoms with Crippen LogP contribution in [0.1, 0.15) is 41.5 Å². The summed E-state index contributed by atoms with van der Waals surface area (Å²) in [6.45, 7) is 5.39. The number of sulfonamides is 1. The number of rotatable bonds is 9. The molecule has 0 N–H and O–H groups in total. The Balaban J connectivity index is 2.23. The Morgan fingerprint density at radius 1 is 1.03 bits per heavy atom. The molecule has 0 amide bonds. The highest BCUT2D eigenvalue weighted by Gasteiger charge is 2.27. The van der Waals surface area contributed by atoms with Crippen LogP contribution in [0.4, 0.5) is 0 Å². The Morgan fingerprint density at radius 3 is 2.13 bits per heavy atom. The van der Waals surface area contributed by atoms with Gasteiger partial charge in [0.05, 0.1) is 17.7 Å². The van der Waals surface area contributed by atoms with E-state index in [1.54, 1.807) is 38.1 Å². The summed E-state index contributed by atoms with van der Waals surface area (Å²) in [5, 5.41) is 0.000748. The second-order valence-corrected chi connectivity index (χ2v) is 8.69. The number of Topliss-reactive ketones (excluding diaryl/α,β-unsaturated/α-hetero) is 1. The van der Waals surface area contributed by atoms with Gasteiger partial charge < -0.3 is 9.47 Å². The first kappa shape index (κ1) is 23.9. The summed E-state index contributed by atoms with van der Waals surface area (Å²) >= 11 is 6.08. The van der Waals surface area contributed by atoms with Crippen molar-refractivity contribution in [3.63, 3.8) is 0 Å². The van der Waals surface area contributed by atoms with Crippen molar-refractivity contribution in [3.8, 4) is 5.75 Å². The van der Waals surface area contributed by atoms with E-state index >= 15 is 0 Å². The molecule has 0 saturated carbocycles. The quantitative estimate of drug-likeness (QED) is 0.423. The van der Waals surface area contributed by atoms with Gasteiger partial charge in [-0.1, -0.05) is 25.4 Å². The number of halogens is 1. The van der Waals surface area contributed by atoms with E-state index in [0.29, 0.717) is 11.3 Å². The molecule has 0 fully saturated rings. The zero-order valence-corrected chi connectivity index (χ0v) is 18.8. The van der Waals surface area contributed by atoms with Crippen molar-refractivity contribution in [2.45, 2.75) is 31.8 Å². The first-order valence-corrected chi connectivity index (χ1v) is 11.2. The van der Waals surface area contributed by atoms with Crippen LogP contribution in [0, 0.1) is 0 Å². The molecule has 0 bridgehead atoms. The summed E-state index contributed by atoms with van der Waals surface area (Å²) < 4.78 is 37.1. The third-order valence-corrected chi connectivity index (χ3v) is 7.05. The van der Waals surface area contributed by atoms with Gasteiger partial charge in [0.25, 0.3) is 0 Å². The van der Waals surface area contributed by atoms with Crippen LogP contribution in [0.15, 0.2) is 47.4 Å². The number of carbonyl (C=O) groups excluding carboxylic acids is 2. The molecule has 162 valence electrons. The molecule has 0 aliphatic carbocycles. The smallest absolute Gasteiger partial charge is 0.338 e. The zero-order chi connectivity index (χ0) is 22.5. The second-order valence-electron chi connectivity index (χ2n) is 6.37. The van der Waals surface area contributed by atoms with E-state index in [-0.39, 0.29) is 28.6 Å². The molecule has 2 rings (SSSR count). The topological polar surface area (TPSA) is 90.0 Å². The SMILES string of the molecule is CCN(CC)S(=O)(=O)c1cc(C(=O)OC(C)C(=O)c2ccc(OC)cc2)ccc1Cl. The molecule has 7 nitrogen and oxygen atoms in total. The Labute approximate surface area is 181 Å². The number of ketones is 1. The lowest BCUT2D eigenvalue weighted by molar-refractivity contribution is 0.0318. The van der Waals surface area contributed by atoms with Crippen LogP contribution in [0.2, 0.25) is 5.02 Å². The molecule has 0 aliphatic heterocycles. The van der Waals surface area contributed by atoms with Crippen molar-refractivity contribution in [1.82, 2.24) is 4.31 Å². The van der Waals surface area contributed by atoms with Crippen molar-refractivity contribution < 1.29 is 27.5 Å². The van der Waals surface area contributed by atoms with E-state index in [2.05, 4.69) is 0 Å². The third-order valence-electron chi connectivity index (χ3n) is 4.52. The van der Waals surface area contributed by atoms with Gasteiger partial charge in [-0.05, 0) is 49.4 Å². The van der Waals surface area contributed by atoms with E-state index in [1.165, 1.54) is 36.5 Å². The van der Waals surface area contributed by atoms with Crippen molar-refractivity contribution in [3.05, 3.63) is 58.6 Å². The fraction of sp³-hybridized carbons (Fsp3) is 0.333. The van der Waals surface area contributed by atoms with Crippen molar-refractivity contribution in [1.29, 1.82) is 0 Å². The van der Waals surface area contributed by atoms with E-state index in [0.717, 1.165) is 0 Å². The van der Waals surface area contributed by atoms with Crippen LogP contribution in [0.5, 0.6) is 5.75 Å². The fourth-order valence-electron chi connectivity index (χ4n) is 2.80. The minimum absolute atomic E-state index is 0.000748. The minimum Gasteiger partial charge on any atom is -0.497 e. The highest BCUT2D eigenvalue weighted by atomic mass is 35.5. The van der Waals surface area contributed by atoms with Gasteiger partial charge in [-0.25, -0.2) is 13.2 Å². The van der Waals surface area contributed by atoms with Gasteiger partial charge >= 0.3 is 5.97 Å². The number of hydrogen-bond donors (Lipinski definition) is 0. The maximum Gasteiger partial charge on any atom is 0.338 e. The maximum atomic E-state index is 12.8. The maximum absolute atomic E-state index is 12.8. The first-order valence-electron chi connectivity index (χ1n) is 9.34. The van der Waals surface area contributed by atoms with Crippen molar-refractivity contribution >= 4 is 33.4 Å². The molecule has 0 saturated heterocycles. The largest absolute Gasteiger partial charge is 0.497 e. The van der Waals surface area contributed by atoms with Gasteiger partial charge in [-0.3, -0.25) is 4.79 Å². The van der Waals surface area contributed by atoms with Gasteiger partial charge in [0.15, 0.2) is 6.10 Å². The molecule has 2 aromatic carbocycles. The zero-order valence-electron chi connectivity index (χ0n) is 17.2. The fourth-order valence-corrected chi connectivity index (χ4v) is 4.76. The highest BCUT2D eigenvalue weighted by molar-refractivity contribution is 7.89. The van der Waals surface area contributed by atoms with E-state index in [1.807, 2.05) is 0 Å². The van der Waals surface area contributed by atoms with Gasteiger partial charge in [-0.2, -0.15) is 4.31 Å². The summed E-state index contributed by atoms with van der Waals surface area (Å²) in [5.41, 5.74) is 0.344.